The van der Waals surface area contributed by atoms with E-state index in [4.69, 9.17) is 0 Å². The maximum Gasteiger partial charge on any atom is 0.341 e. The van der Waals surface area contributed by atoms with Crippen LogP contribution in [0.1, 0.15) is 25.3 Å². The molecule has 4 heterocycles. The first-order valence-corrected chi connectivity index (χ1v) is 9.86. The summed E-state index contributed by atoms with van der Waals surface area (Å²) in [5.41, 5.74) is 0.900. The van der Waals surface area contributed by atoms with Crippen LogP contribution in [0.5, 0.6) is 0 Å². The Labute approximate surface area is 175 Å². The average molecular weight is 428 g/mol. The number of nitrogens with zero attached hydrogens (tertiary/aromatic N) is 5. The molecule has 0 saturated carbocycles. The van der Waals surface area contributed by atoms with Crippen LogP contribution in [0, 0.1) is 17.2 Å². The third kappa shape index (κ3) is 3.31. The number of rotatable bonds is 2. The lowest BCUT2D eigenvalue weighted by Gasteiger charge is -2.41. The normalized spacial score (nSPS) is 25.2. The van der Waals surface area contributed by atoms with Crippen LogP contribution >= 0.6 is 0 Å². The van der Waals surface area contributed by atoms with Gasteiger partial charge in [0, 0.05) is 49.3 Å². The zero-order valence-electron chi connectivity index (χ0n) is 16.6. The van der Waals surface area contributed by atoms with Crippen molar-refractivity contribution in [2.45, 2.75) is 25.8 Å². The highest BCUT2D eigenvalue weighted by molar-refractivity contribution is 5.84. The Hall–Kier alpha value is -3.43. The molecule has 5 rings (SSSR count). The van der Waals surface area contributed by atoms with E-state index >= 15 is 0 Å². The lowest BCUT2D eigenvalue weighted by molar-refractivity contribution is 0.109. The number of aliphatic imine (C=N–C) groups is 1. The molecule has 2 atom stereocenters. The van der Waals surface area contributed by atoms with E-state index in [9.17, 15) is 18.0 Å². The molecule has 160 valence electrons. The molecule has 1 fully saturated rings. The molecule has 2 aromatic rings. The molecule has 3 aliphatic rings. The van der Waals surface area contributed by atoms with Crippen molar-refractivity contribution in [3.8, 4) is 0 Å². The molecule has 3 aliphatic heterocycles. The fourth-order valence-electron chi connectivity index (χ4n) is 4.26. The van der Waals surface area contributed by atoms with Crippen molar-refractivity contribution in [1.29, 1.82) is 0 Å². The Balaban J connectivity index is 1.29. The summed E-state index contributed by atoms with van der Waals surface area (Å²) in [6.07, 6.45) is 6.85. The van der Waals surface area contributed by atoms with E-state index in [0.29, 0.717) is 30.6 Å². The number of carbonyl (C=O) groups excluding carboxylic acids is 1. The topological polar surface area (TPSA) is 77.0 Å². The van der Waals surface area contributed by atoms with E-state index in [1.54, 1.807) is 23.4 Å². The summed E-state index contributed by atoms with van der Waals surface area (Å²) >= 11 is 0. The minimum Gasteiger partial charge on any atom is -0.315 e. The molecule has 1 aromatic heterocycles. The minimum atomic E-state index is -0.749. The molecule has 1 N–H and O–H groups in total. The molecule has 0 spiro atoms. The molecule has 1 aromatic carbocycles. The van der Waals surface area contributed by atoms with Crippen LogP contribution in [0.2, 0.25) is 0 Å². The number of hydrazone groups is 1. The van der Waals surface area contributed by atoms with Gasteiger partial charge in [0.25, 0.3) is 0 Å². The summed E-state index contributed by atoms with van der Waals surface area (Å²) < 4.78 is 41.6. The average Bonchev–Trinajstić information content (AvgIpc) is 3.32. The van der Waals surface area contributed by atoms with Gasteiger partial charge in [-0.1, -0.05) is 6.92 Å². The van der Waals surface area contributed by atoms with Gasteiger partial charge >= 0.3 is 6.03 Å². The molecular formula is C21H19F3N6O. The number of amides is 2. The van der Waals surface area contributed by atoms with Crippen LogP contribution in [0.4, 0.5) is 18.0 Å². The second-order valence-corrected chi connectivity index (χ2v) is 8.31. The largest absolute Gasteiger partial charge is 0.341 e. The number of aromatic amines is 1. The SMILES string of the molecule is CC1([C@@H]2CC=NN2C(=O)N2CC(=Cc3cc4[nH]nc(F)c4cc3F)C2)C=NC=C(F)C1. The van der Waals surface area contributed by atoms with Gasteiger partial charge < -0.3 is 4.90 Å². The van der Waals surface area contributed by atoms with Crippen LogP contribution in [-0.2, 0) is 0 Å². The molecule has 0 bridgehead atoms. The monoisotopic (exact) mass is 428 g/mol. The summed E-state index contributed by atoms with van der Waals surface area (Å²) in [6, 6.07) is 1.98. The number of urea groups is 1. The van der Waals surface area contributed by atoms with Crippen molar-refractivity contribution < 1.29 is 18.0 Å². The van der Waals surface area contributed by atoms with Crippen molar-refractivity contribution in [1.82, 2.24) is 20.1 Å². The summed E-state index contributed by atoms with van der Waals surface area (Å²) in [4.78, 5) is 18.5. The molecule has 1 saturated heterocycles. The third-order valence-corrected chi connectivity index (χ3v) is 5.97. The number of aromatic nitrogens is 2. The van der Waals surface area contributed by atoms with Crippen molar-refractivity contribution in [3.05, 3.63) is 47.1 Å². The van der Waals surface area contributed by atoms with Gasteiger partial charge in [-0.2, -0.15) is 9.49 Å². The second kappa shape index (κ2) is 7.07. The quantitative estimate of drug-likeness (QED) is 0.785. The molecule has 0 aliphatic carbocycles. The van der Waals surface area contributed by atoms with Crippen molar-refractivity contribution in [2.24, 2.45) is 15.5 Å². The minimum absolute atomic E-state index is 0.0917. The highest BCUT2D eigenvalue weighted by Crippen LogP contribution is 2.38. The standard InChI is InChI=1S/C21H19F3N6O/c1-21(7-14(22)8-25-11-21)18-2-3-26-30(18)20(31)29-9-12(10-29)4-13-5-17-15(6-16(13)23)19(24)28-27-17/h3-6,8,11,18H,2,7,9-10H2,1H3,(H,27,28)/t18-,21?/m0/s1. The summed E-state index contributed by atoms with van der Waals surface area (Å²) in [6.45, 7) is 2.51. The number of allylic oxidation sites excluding steroid dienone is 1. The summed E-state index contributed by atoms with van der Waals surface area (Å²) in [5, 5.41) is 11.7. The van der Waals surface area contributed by atoms with E-state index in [1.807, 2.05) is 6.92 Å². The molecular weight excluding hydrogens is 409 g/mol. The van der Waals surface area contributed by atoms with Crippen LogP contribution < -0.4 is 0 Å². The number of carbonyl (C=O) groups is 1. The maximum atomic E-state index is 14.3. The van der Waals surface area contributed by atoms with Gasteiger partial charge in [-0.05, 0) is 23.8 Å². The van der Waals surface area contributed by atoms with Crippen molar-refractivity contribution >= 4 is 35.4 Å². The van der Waals surface area contributed by atoms with E-state index in [2.05, 4.69) is 20.3 Å². The Kier molecular flexibility index (Phi) is 4.45. The Morgan fingerprint density at radius 1 is 1.29 bits per heavy atom. The predicted molar refractivity (Wildman–Crippen MR) is 110 cm³/mol. The van der Waals surface area contributed by atoms with Crippen LogP contribution in [0.25, 0.3) is 17.0 Å². The third-order valence-electron chi connectivity index (χ3n) is 5.97. The van der Waals surface area contributed by atoms with Crippen LogP contribution in [0.15, 0.2) is 39.8 Å². The number of halogens is 3. The number of hydrogen-bond donors (Lipinski definition) is 1. The highest BCUT2D eigenvalue weighted by Gasteiger charge is 2.45. The molecule has 0 radical (unpaired) electrons. The molecule has 10 heteroatoms. The first kappa shape index (κ1) is 19.5. The zero-order chi connectivity index (χ0) is 21.8. The van der Waals surface area contributed by atoms with Gasteiger partial charge in [-0.15, -0.1) is 5.10 Å². The fourth-order valence-corrected chi connectivity index (χ4v) is 4.26. The fraction of sp³-hybridized carbons (Fsp3) is 0.333. The predicted octanol–water partition coefficient (Wildman–Crippen LogP) is 4.01. The highest BCUT2D eigenvalue weighted by atomic mass is 19.1. The van der Waals surface area contributed by atoms with Crippen LogP contribution in [0.3, 0.4) is 0 Å². The van der Waals surface area contributed by atoms with Gasteiger partial charge in [-0.3, -0.25) is 10.1 Å². The number of nitrogens with one attached hydrogen (secondary N) is 1. The van der Waals surface area contributed by atoms with Gasteiger partial charge in [0.2, 0.25) is 5.95 Å². The van der Waals surface area contributed by atoms with Gasteiger partial charge in [-0.25, -0.2) is 18.6 Å². The van der Waals surface area contributed by atoms with Crippen molar-refractivity contribution in [3.63, 3.8) is 0 Å². The smallest absolute Gasteiger partial charge is 0.315 e. The van der Waals surface area contributed by atoms with Gasteiger partial charge in [0.15, 0.2) is 0 Å². The summed E-state index contributed by atoms with van der Waals surface area (Å²) in [7, 11) is 0. The Morgan fingerprint density at radius 3 is 2.87 bits per heavy atom. The molecule has 7 nitrogen and oxygen atoms in total. The number of H-pyrrole nitrogens is 1. The molecule has 2 amide bonds. The second-order valence-electron chi connectivity index (χ2n) is 8.31. The van der Waals surface area contributed by atoms with E-state index in [1.165, 1.54) is 17.3 Å². The number of benzene rings is 1. The lowest BCUT2D eigenvalue weighted by Crippen LogP contribution is -2.54. The first-order valence-electron chi connectivity index (χ1n) is 9.86. The number of fused-ring (bicyclic) bond motifs is 1. The van der Waals surface area contributed by atoms with Crippen LogP contribution in [-0.4, -0.2) is 57.7 Å². The van der Waals surface area contributed by atoms with E-state index < -0.39 is 17.2 Å². The van der Waals surface area contributed by atoms with E-state index in [-0.39, 0.29) is 29.7 Å². The van der Waals surface area contributed by atoms with Crippen molar-refractivity contribution in [2.75, 3.05) is 13.1 Å². The Morgan fingerprint density at radius 2 is 2.10 bits per heavy atom. The number of likely N-dealkylation sites (tertiary alicyclic amines) is 1. The zero-order valence-corrected chi connectivity index (χ0v) is 16.6. The molecule has 1 unspecified atom stereocenters. The van der Waals surface area contributed by atoms with E-state index in [0.717, 1.165) is 11.6 Å². The Bertz CT molecular complexity index is 1190. The number of hydrogen-bond acceptors (Lipinski definition) is 4. The van der Waals surface area contributed by atoms with Gasteiger partial charge in [0.05, 0.1) is 23.1 Å². The van der Waals surface area contributed by atoms with Gasteiger partial charge in [0.1, 0.15) is 11.6 Å². The maximum absolute atomic E-state index is 14.3. The lowest BCUT2D eigenvalue weighted by atomic mass is 9.77. The summed E-state index contributed by atoms with van der Waals surface area (Å²) in [5.74, 6) is -1.63. The first-order chi connectivity index (χ1) is 14.8. The molecule has 31 heavy (non-hydrogen) atoms.